The van der Waals surface area contributed by atoms with Crippen LogP contribution in [0.4, 0.5) is 0 Å². The molecule has 0 saturated carbocycles. The Kier molecular flexibility index (Phi) is 13.2. The van der Waals surface area contributed by atoms with Crippen molar-refractivity contribution >= 4 is 23.4 Å². The Hall–Kier alpha value is -10.2. The molecule has 0 aromatic heterocycles. The van der Waals surface area contributed by atoms with Crippen LogP contribution in [0, 0.1) is 6.92 Å². The number of hydrogen-bond acceptors (Lipinski definition) is 8. The third-order valence-electron chi connectivity index (χ3n) is 16.0. The Morgan fingerprint density at radius 1 is 0.488 bits per heavy atom. The average molecular weight is 1080 g/mol. The fourth-order valence-electron chi connectivity index (χ4n) is 11.7. The van der Waals surface area contributed by atoms with Crippen LogP contribution in [-0.2, 0) is 22.2 Å². The summed E-state index contributed by atoms with van der Waals surface area (Å²) in [6, 6.07) is 76.7. The summed E-state index contributed by atoms with van der Waals surface area (Å²) in [6.45, 7) is 3.09. The highest BCUT2D eigenvalue weighted by atomic mass is 16.6. The fraction of sp³-hybridized carbons (Fsp3) is 0.111. The van der Waals surface area contributed by atoms with Crippen molar-refractivity contribution in [3.63, 3.8) is 0 Å². The molecule has 0 bridgehead atoms. The molecule has 0 radical (unpaired) electrons. The molecule has 3 unspecified atom stereocenters. The molecule has 1 N–H and O–H groups in total. The number of carbonyl (C=O) groups is 4. The third kappa shape index (κ3) is 9.38. The van der Waals surface area contributed by atoms with Crippen LogP contribution in [-0.4, -0.2) is 54.6 Å². The number of hydrogen-bond donors (Lipinski definition) is 1. The lowest BCUT2D eigenvalue weighted by Crippen LogP contribution is -2.47. The normalized spacial score (nSPS) is 17.6. The van der Waals surface area contributed by atoms with Gasteiger partial charge < -0.3 is 29.2 Å². The molecule has 0 spiro atoms. The van der Waals surface area contributed by atoms with E-state index in [9.17, 15) is 19.2 Å². The predicted molar refractivity (Wildman–Crippen MR) is 314 cm³/mol. The summed E-state index contributed by atoms with van der Waals surface area (Å²) < 4.78 is 23.7. The van der Waals surface area contributed by atoms with Crippen molar-refractivity contribution in [2.24, 2.45) is 0 Å². The second-order valence-corrected chi connectivity index (χ2v) is 21.0. The highest BCUT2D eigenvalue weighted by Crippen LogP contribution is 2.50. The maximum absolute atomic E-state index is 14.2. The molecular formula is C72H54N2O8. The third-order valence-corrected chi connectivity index (χ3v) is 16.0. The second kappa shape index (κ2) is 21.1. The van der Waals surface area contributed by atoms with Crippen molar-refractivity contribution in [3.05, 3.63) is 326 Å². The number of nitrogens with one attached hydrogen (secondary N) is 1. The Bertz CT molecular complexity index is 4050. The summed E-state index contributed by atoms with van der Waals surface area (Å²) in [4.78, 5) is 56.7. The van der Waals surface area contributed by atoms with Gasteiger partial charge in [0, 0.05) is 33.4 Å². The van der Waals surface area contributed by atoms with Crippen molar-refractivity contribution in [3.8, 4) is 28.7 Å². The van der Waals surface area contributed by atoms with Gasteiger partial charge in [-0.15, -0.1) is 0 Å². The standard InChI is InChI=1S/C72H54N2O8/c1-46-11-17-49(18-12-46)67(75)51-21-33-58(34-22-51)81-60-39-27-53(28-40-60)71(65-9-5-3-7-63(65)69(77)73-71)54-29-41-61(42-30-54)82-59-35-23-52(24-36-59)68(76)50-19-13-47(14-20-50)43-48-15-25-55(26-16-48)72(56-31-37-57(79-2)38-32-56)66-10-6-4-8-64(66)70(78)74(72)44-62-45-80-62/h3-42,62H,43-45H2,1-2H3,(H,73,77). The van der Waals surface area contributed by atoms with Crippen LogP contribution < -0.4 is 19.5 Å². The van der Waals surface area contributed by atoms with Crippen LogP contribution in [0.3, 0.4) is 0 Å². The highest BCUT2D eigenvalue weighted by Gasteiger charge is 2.53. The van der Waals surface area contributed by atoms with E-state index in [4.69, 9.17) is 18.9 Å². The number of nitrogens with zero attached hydrogens (tertiary/aromatic N) is 1. The van der Waals surface area contributed by atoms with Crippen molar-refractivity contribution in [1.29, 1.82) is 0 Å². The molecule has 3 heterocycles. The van der Waals surface area contributed by atoms with E-state index in [2.05, 4.69) is 35.6 Å². The zero-order chi connectivity index (χ0) is 56.0. The van der Waals surface area contributed by atoms with Gasteiger partial charge >= 0.3 is 0 Å². The Morgan fingerprint density at radius 3 is 1.37 bits per heavy atom. The number of ether oxygens (including phenoxy) is 4. The van der Waals surface area contributed by atoms with E-state index in [-0.39, 0.29) is 29.5 Å². The molecule has 3 aliphatic rings. The van der Waals surface area contributed by atoms with Gasteiger partial charge in [-0.3, -0.25) is 19.2 Å². The molecule has 10 aromatic rings. The van der Waals surface area contributed by atoms with E-state index in [0.717, 1.165) is 55.8 Å². The number of amides is 2. The van der Waals surface area contributed by atoms with Crippen LogP contribution in [0.25, 0.3) is 0 Å². The largest absolute Gasteiger partial charge is 0.497 e. The average Bonchev–Trinajstić information content (AvgIpc) is 3.67. The molecule has 10 nitrogen and oxygen atoms in total. The van der Waals surface area contributed by atoms with E-state index < -0.39 is 11.1 Å². The number of aryl methyl sites for hydroxylation is 1. The van der Waals surface area contributed by atoms with Gasteiger partial charge in [-0.2, -0.15) is 0 Å². The molecule has 10 aromatic carbocycles. The predicted octanol–water partition coefficient (Wildman–Crippen LogP) is 13.8. The smallest absolute Gasteiger partial charge is 0.255 e. The number of fused-ring (bicyclic) bond motifs is 2. The molecule has 1 fully saturated rings. The molecule has 13 rings (SSSR count). The maximum Gasteiger partial charge on any atom is 0.255 e. The quantitative estimate of drug-likeness (QED) is 0.0706. The number of carbonyl (C=O) groups excluding carboxylic acids is 4. The second-order valence-electron chi connectivity index (χ2n) is 21.0. The van der Waals surface area contributed by atoms with Crippen LogP contribution in [0.2, 0.25) is 0 Å². The lowest BCUT2D eigenvalue weighted by molar-refractivity contribution is 0.0658. The van der Waals surface area contributed by atoms with Crippen molar-refractivity contribution < 1.29 is 38.1 Å². The molecule has 2 amide bonds. The van der Waals surface area contributed by atoms with E-state index >= 15 is 0 Å². The maximum atomic E-state index is 14.2. The van der Waals surface area contributed by atoms with Gasteiger partial charge in [-0.1, -0.05) is 151 Å². The van der Waals surface area contributed by atoms with Crippen LogP contribution in [0.1, 0.15) is 103 Å². The molecular weight excluding hydrogens is 1020 g/mol. The minimum atomic E-state index is -1.00. The van der Waals surface area contributed by atoms with E-state index in [1.807, 2.05) is 176 Å². The first-order chi connectivity index (χ1) is 40.1. The van der Waals surface area contributed by atoms with E-state index in [1.165, 1.54) is 0 Å². The summed E-state index contributed by atoms with van der Waals surface area (Å²) in [5, 5.41) is 3.31. The Labute approximate surface area is 475 Å². The molecule has 1 saturated heterocycles. The van der Waals surface area contributed by atoms with E-state index in [1.54, 1.807) is 55.6 Å². The zero-order valence-electron chi connectivity index (χ0n) is 45.0. The number of benzene rings is 10. The van der Waals surface area contributed by atoms with Crippen molar-refractivity contribution in [1.82, 2.24) is 10.2 Å². The first kappa shape index (κ1) is 51.3. The summed E-state index contributed by atoms with van der Waals surface area (Å²) in [5.74, 6) is 2.70. The minimum absolute atomic E-state index is 0.0113. The van der Waals surface area contributed by atoms with E-state index in [0.29, 0.717) is 76.0 Å². The monoisotopic (exact) mass is 1070 g/mol. The molecule has 82 heavy (non-hydrogen) atoms. The number of methoxy groups -OCH3 is 1. The van der Waals surface area contributed by atoms with Gasteiger partial charge in [-0.25, -0.2) is 0 Å². The van der Waals surface area contributed by atoms with Gasteiger partial charge in [-0.05, 0) is 155 Å². The zero-order valence-corrected chi connectivity index (χ0v) is 45.0. The molecule has 10 heteroatoms. The molecule has 3 atom stereocenters. The summed E-state index contributed by atoms with van der Waals surface area (Å²) >= 11 is 0. The number of ketones is 2. The topological polar surface area (TPSA) is 124 Å². The van der Waals surface area contributed by atoms with Crippen LogP contribution in [0.15, 0.2) is 243 Å². The first-order valence-electron chi connectivity index (χ1n) is 27.3. The van der Waals surface area contributed by atoms with Gasteiger partial charge in [0.15, 0.2) is 11.6 Å². The number of rotatable bonds is 17. The highest BCUT2D eigenvalue weighted by molar-refractivity contribution is 6.10. The van der Waals surface area contributed by atoms with Gasteiger partial charge in [0.2, 0.25) is 0 Å². The fourth-order valence-corrected chi connectivity index (χ4v) is 11.7. The van der Waals surface area contributed by atoms with Crippen molar-refractivity contribution in [2.45, 2.75) is 30.5 Å². The summed E-state index contributed by atoms with van der Waals surface area (Å²) in [6.07, 6.45) is 0.638. The van der Waals surface area contributed by atoms with Gasteiger partial charge in [0.05, 0.1) is 26.4 Å². The van der Waals surface area contributed by atoms with Crippen molar-refractivity contribution in [2.75, 3.05) is 20.3 Å². The first-order valence-corrected chi connectivity index (χ1v) is 27.3. The summed E-state index contributed by atoms with van der Waals surface area (Å²) in [5.41, 5.74) is 10.3. The number of epoxide rings is 1. The lowest BCUT2D eigenvalue weighted by Gasteiger charge is -2.40. The van der Waals surface area contributed by atoms with Gasteiger partial charge in [0.25, 0.3) is 11.8 Å². The van der Waals surface area contributed by atoms with Crippen LogP contribution in [0.5, 0.6) is 28.7 Å². The molecule has 3 aliphatic heterocycles. The minimum Gasteiger partial charge on any atom is -0.497 e. The molecule has 0 aliphatic carbocycles. The summed E-state index contributed by atoms with van der Waals surface area (Å²) in [7, 11) is 1.65. The van der Waals surface area contributed by atoms with Crippen LogP contribution >= 0.6 is 0 Å². The SMILES string of the molecule is COc1ccc(C2(c3ccc(Cc4ccc(C(=O)c5ccc(Oc6ccc(C7(c8ccc(Oc9ccc(C(=O)c%10ccc(C)cc%10)cc9)cc8)NC(=O)c8ccccc87)cc6)cc5)cc4)cc3)c3ccccc3C(=O)N2CC2CO2)cc1. The lowest BCUT2D eigenvalue weighted by atomic mass is 9.76. The molecule has 400 valence electrons. The Morgan fingerprint density at radius 2 is 0.878 bits per heavy atom. The Balaban J connectivity index is 0.677. The van der Waals surface area contributed by atoms with Gasteiger partial charge in [0.1, 0.15) is 39.8 Å².